The van der Waals surface area contributed by atoms with Gasteiger partial charge in [0.1, 0.15) is 0 Å². The molecule has 0 aliphatic heterocycles. The zero-order valence-electron chi connectivity index (χ0n) is 8.70. The van der Waals surface area contributed by atoms with Crippen molar-refractivity contribution in [2.24, 2.45) is 0 Å². The van der Waals surface area contributed by atoms with Gasteiger partial charge < -0.3 is 6.07 Å². The smallest absolute Gasteiger partial charge is 0 e. The second-order valence-corrected chi connectivity index (χ2v) is 8.16. The Morgan fingerprint density at radius 1 is 1.13 bits per heavy atom. The normalized spacial score (nSPS) is 11.3. The largest absolute Gasteiger partial charge is 0.318 e. The van der Waals surface area contributed by atoms with Crippen LogP contribution in [-0.4, -0.2) is 12.5 Å². The van der Waals surface area contributed by atoms with Crippen molar-refractivity contribution in [1.82, 2.24) is 0 Å². The topological polar surface area (TPSA) is 0 Å². The fourth-order valence-corrected chi connectivity index (χ4v) is 2.95. The first kappa shape index (κ1) is 19.3. The van der Waals surface area contributed by atoms with E-state index >= 15 is 0 Å². The maximum Gasteiger partial charge on any atom is 0 e. The summed E-state index contributed by atoms with van der Waals surface area (Å²) in [5.74, 6) is -1.51. The predicted octanol–water partition coefficient (Wildman–Crippen LogP) is 3.45. The van der Waals surface area contributed by atoms with Gasteiger partial charge in [0, 0.05) is 65.4 Å². The average molecular weight is 400 g/mol. The van der Waals surface area contributed by atoms with E-state index in [2.05, 4.69) is 6.07 Å². The molecule has 0 saturated carbocycles. The minimum Gasteiger partial charge on any atom is -0.318 e. The van der Waals surface area contributed by atoms with Gasteiger partial charge in [0.2, 0.25) is 0 Å². The molecule has 0 amide bonds. The minimum atomic E-state index is -1.71. The third kappa shape index (κ3) is 5.40. The summed E-state index contributed by atoms with van der Waals surface area (Å²) < 4.78 is 25.8. The third-order valence-electron chi connectivity index (χ3n) is 1.54. The van der Waals surface area contributed by atoms with Crippen LogP contribution in [0.5, 0.6) is 0 Å². The summed E-state index contributed by atoms with van der Waals surface area (Å²) in [4.78, 5) is 0.329. The second-order valence-electron chi connectivity index (χ2n) is 3.03. The van der Waals surface area contributed by atoms with Crippen LogP contribution in [0.15, 0.2) is 4.90 Å². The van der Waals surface area contributed by atoms with Crippen LogP contribution in [0.4, 0.5) is 8.78 Å². The Morgan fingerprint density at radius 2 is 1.60 bits per heavy atom. The van der Waals surface area contributed by atoms with E-state index < -0.39 is 20.9 Å². The van der Waals surface area contributed by atoms with Crippen molar-refractivity contribution in [3.8, 4) is 0 Å². The molecular formula is C9H9ClF2SY2-2. The molecule has 1 aromatic carbocycles. The van der Waals surface area contributed by atoms with E-state index in [9.17, 15) is 8.78 Å². The summed E-state index contributed by atoms with van der Waals surface area (Å²) >= 11 is 0. The van der Waals surface area contributed by atoms with Gasteiger partial charge in [-0.1, -0.05) is 23.4 Å². The van der Waals surface area contributed by atoms with E-state index in [1.807, 2.05) is 6.07 Å². The standard InChI is InChI=1S/C9H9ClF2S.2Y/c1-6-4-7(11)5-8(12)9(6)13(2,3)10;;/h1-3H3;;/q-2;;. The molecule has 0 nitrogen and oxygen atoms in total. The van der Waals surface area contributed by atoms with Crippen molar-refractivity contribution < 1.29 is 74.2 Å². The Bertz CT molecular complexity index is 316. The van der Waals surface area contributed by atoms with Crippen molar-refractivity contribution in [3.63, 3.8) is 0 Å². The molecule has 0 aliphatic carbocycles. The molecule has 0 N–H and O–H groups in total. The van der Waals surface area contributed by atoms with Gasteiger partial charge in [-0.05, 0) is 12.5 Å². The van der Waals surface area contributed by atoms with Crippen LogP contribution in [0.2, 0.25) is 0 Å². The van der Waals surface area contributed by atoms with Gasteiger partial charge in [-0.15, -0.1) is 5.82 Å². The fourth-order valence-electron chi connectivity index (χ4n) is 1.15. The number of benzene rings is 1. The van der Waals surface area contributed by atoms with Crippen LogP contribution in [0, 0.1) is 30.7 Å². The van der Waals surface area contributed by atoms with Crippen LogP contribution < -0.4 is 0 Å². The molecule has 0 bridgehead atoms. The molecule has 6 heteroatoms. The van der Waals surface area contributed by atoms with Gasteiger partial charge in [-0.25, -0.2) is 9.24 Å². The van der Waals surface area contributed by atoms with Crippen LogP contribution in [0.1, 0.15) is 5.56 Å². The molecule has 0 heterocycles. The van der Waals surface area contributed by atoms with Gasteiger partial charge in [0.05, 0.1) is 0 Å². The van der Waals surface area contributed by atoms with E-state index in [0.29, 0.717) is 10.5 Å². The summed E-state index contributed by atoms with van der Waals surface area (Å²) in [6, 6.07) is 4.29. The van der Waals surface area contributed by atoms with Crippen molar-refractivity contribution in [3.05, 3.63) is 29.3 Å². The molecule has 15 heavy (non-hydrogen) atoms. The fraction of sp³-hybridized carbons (Fsp3) is 0.333. The van der Waals surface area contributed by atoms with Gasteiger partial charge in [-0.3, -0.25) is 20.4 Å². The zero-order chi connectivity index (χ0) is 10.2. The average Bonchev–Trinajstić information content (AvgIpc) is 1.78. The number of aryl methyl sites for hydroxylation is 1. The monoisotopic (exact) mass is 400 g/mol. The van der Waals surface area contributed by atoms with Gasteiger partial charge in [-0.2, -0.15) is 4.90 Å². The van der Waals surface area contributed by atoms with Crippen molar-refractivity contribution >= 4 is 19.9 Å². The summed E-state index contributed by atoms with van der Waals surface area (Å²) in [7, 11) is 4.29. The van der Waals surface area contributed by atoms with E-state index in [-0.39, 0.29) is 65.4 Å². The van der Waals surface area contributed by atoms with Crippen LogP contribution in [0.25, 0.3) is 0 Å². The summed E-state index contributed by atoms with van der Waals surface area (Å²) in [5, 5.41) is 0. The molecule has 0 aliphatic rings. The second kappa shape index (κ2) is 7.38. The van der Waals surface area contributed by atoms with Crippen LogP contribution >= 0.6 is 19.9 Å². The molecule has 80 valence electrons. The van der Waals surface area contributed by atoms with Crippen molar-refractivity contribution in [2.75, 3.05) is 12.5 Å². The predicted molar refractivity (Wildman–Crippen MR) is 52.3 cm³/mol. The quantitative estimate of drug-likeness (QED) is 0.634. The molecule has 0 spiro atoms. The Balaban J connectivity index is 0. The van der Waals surface area contributed by atoms with Crippen LogP contribution in [-0.2, 0) is 65.4 Å². The summed E-state index contributed by atoms with van der Waals surface area (Å²) in [5.41, 5.74) is 0.420. The first-order valence-corrected chi connectivity index (χ1v) is 6.83. The molecule has 0 aromatic heterocycles. The molecule has 0 unspecified atom stereocenters. The SMILES string of the molecule is Cc1[c-]c(F)[c-]c(F)c1S(C)(C)Cl.[Y].[Y]. The third-order valence-corrected chi connectivity index (χ3v) is 3.46. The first-order valence-electron chi connectivity index (χ1n) is 3.55. The number of halogens is 3. The molecule has 0 atom stereocenters. The maximum absolute atomic E-state index is 13.2. The van der Waals surface area contributed by atoms with E-state index in [1.165, 1.54) is 0 Å². The van der Waals surface area contributed by atoms with Gasteiger partial charge in [0.15, 0.2) is 0 Å². The minimum absolute atomic E-state index is 0. The Kier molecular flexibility index (Phi) is 9.48. The van der Waals surface area contributed by atoms with E-state index in [4.69, 9.17) is 10.7 Å². The molecular weight excluding hydrogens is 391 g/mol. The molecule has 0 saturated heterocycles. The summed E-state index contributed by atoms with van der Waals surface area (Å²) in [6.07, 6.45) is 3.44. The molecule has 2 radical (unpaired) electrons. The molecule has 1 aromatic rings. The summed E-state index contributed by atoms with van der Waals surface area (Å²) in [6.45, 7) is 1.59. The number of hydrogen-bond donors (Lipinski definition) is 0. The van der Waals surface area contributed by atoms with Crippen LogP contribution in [0.3, 0.4) is 0 Å². The maximum atomic E-state index is 13.2. The molecule has 1 rings (SSSR count). The van der Waals surface area contributed by atoms with Crippen molar-refractivity contribution in [1.29, 1.82) is 0 Å². The molecule has 0 fully saturated rings. The van der Waals surface area contributed by atoms with E-state index in [1.54, 1.807) is 19.4 Å². The Hall–Kier alpha value is 1.93. The van der Waals surface area contributed by atoms with Gasteiger partial charge in [0.25, 0.3) is 0 Å². The zero-order valence-corrected chi connectivity index (χ0v) is 15.9. The Morgan fingerprint density at radius 3 is 1.93 bits per heavy atom. The van der Waals surface area contributed by atoms with Crippen molar-refractivity contribution in [2.45, 2.75) is 11.8 Å². The Labute approximate surface area is 145 Å². The van der Waals surface area contributed by atoms with E-state index in [0.717, 1.165) is 0 Å². The number of hydrogen-bond acceptors (Lipinski definition) is 0. The first-order chi connectivity index (χ1) is 5.82. The van der Waals surface area contributed by atoms with Gasteiger partial charge >= 0.3 is 0 Å². The number of rotatable bonds is 1.